The van der Waals surface area contributed by atoms with Crippen LogP contribution in [0.1, 0.15) is 25.0 Å². The van der Waals surface area contributed by atoms with E-state index in [0.29, 0.717) is 19.8 Å². The van der Waals surface area contributed by atoms with E-state index in [-0.39, 0.29) is 6.10 Å². The molecule has 0 aliphatic rings. The molecule has 0 amide bonds. The first-order valence-electron chi connectivity index (χ1n) is 6.27. The molecule has 0 radical (unpaired) electrons. The lowest BCUT2D eigenvalue weighted by atomic mass is 10.1. The van der Waals surface area contributed by atoms with Crippen molar-refractivity contribution < 1.29 is 19.4 Å². The zero-order valence-electron chi connectivity index (χ0n) is 11.3. The van der Waals surface area contributed by atoms with E-state index in [2.05, 4.69) is 0 Å². The molecule has 1 N–H and O–H groups in total. The molecule has 0 fully saturated rings. The summed E-state index contributed by atoms with van der Waals surface area (Å²) in [5, 5.41) is 8.56. The first-order chi connectivity index (χ1) is 9.08. The van der Waals surface area contributed by atoms with Gasteiger partial charge >= 0.3 is 5.97 Å². The van der Waals surface area contributed by atoms with Gasteiger partial charge in [0.1, 0.15) is 0 Å². The maximum absolute atomic E-state index is 10.4. The second-order valence-corrected chi connectivity index (χ2v) is 4.39. The maximum atomic E-state index is 10.4. The molecule has 0 aliphatic heterocycles. The largest absolute Gasteiger partial charge is 0.478 e. The van der Waals surface area contributed by atoms with E-state index in [9.17, 15) is 4.79 Å². The average molecular weight is 264 g/mol. The van der Waals surface area contributed by atoms with Gasteiger partial charge in [-0.15, -0.1) is 0 Å². The van der Waals surface area contributed by atoms with Gasteiger partial charge in [-0.3, -0.25) is 0 Å². The van der Waals surface area contributed by atoms with Gasteiger partial charge < -0.3 is 14.6 Å². The second kappa shape index (κ2) is 8.45. The number of ether oxygens (including phenoxy) is 2. The zero-order valence-corrected chi connectivity index (χ0v) is 11.3. The Morgan fingerprint density at radius 3 is 2.84 bits per heavy atom. The van der Waals surface area contributed by atoms with Crippen molar-refractivity contribution in [3.05, 3.63) is 41.5 Å². The number of carbonyl (C=O) groups is 1. The number of carboxylic acids is 1. The lowest BCUT2D eigenvalue weighted by Gasteiger charge is -2.08. The van der Waals surface area contributed by atoms with Crippen molar-refractivity contribution >= 4 is 12.0 Å². The third-order valence-electron chi connectivity index (χ3n) is 2.32. The summed E-state index contributed by atoms with van der Waals surface area (Å²) in [5.74, 6) is -0.951. The van der Waals surface area contributed by atoms with Gasteiger partial charge in [0.05, 0.1) is 25.9 Å². The molecule has 4 nitrogen and oxygen atoms in total. The standard InChI is InChI=1S/C15H20O4/c1-12(2)19-9-8-18-11-14-5-3-4-13(10-14)6-7-15(16)17/h3-7,10,12H,8-9,11H2,1-2H3,(H,16,17). The van der Waals surface area contributed by atoms with Crippen molar-refractivity contribution in [2.24, 2.45) is 0 Å². The molecule has 0 aliphatic carbocycles. The summed E-state index contributed by atoms with van der Waals surface area (Å²) >= 11 is 0. The van der Waals surface area contributed by atoms with Gasteiger partial charge in [0.15, 0.2) is 0 Å². The predicted octanol–water partition coefficient (Wildman–Crippen LogP) is 2.73. The number of aliphatic carboxylic acids is 1. The maximum Gasteiger partial charge on any atom is 0.328 e. The number of hydrogen-bond donors (Lipinski definition) is 1. The van der Waals surface area contributed by atoms with Gasteiger partial charge in [-0.1, -0.05) is 18.2 Å². The normalized spacial score (nSPS) is 11.3. The van der Waals surface area contributed by atoms with E-state index in [1.165, 1.54) is 0 Å². The van der Waals surface area contributed by atoms with Crippen molar-refractivity contribution in [1.29, 1.82) is 0 Å². The first kappa shape index (κ1) is 15.4. The van der Waals surface area contributed by atoms with Crippen LogP contribution in [0.15, 0.2) is 30.3 Å². The smallest absolute Gasteiger partial charge is 0.328 e. The van der Waals surface area contributed by atoms with Crippen LogP contribution in [0.4, 0.5) is 0 Å². The minimum absolute atomic E-state index is 0.216. The molecule has 0 atom stereocenters. The Balaban J connectivity index is 2.38. The van der Waals surface area contributed by atoms with Crippen molar-refractivity contribution in [1.82, 2.24) is 0 Å². The number of benzene rings is 1. The SMILES string of the molecule is CC(C)OCCOCc1cccc(C=CC(=O)O)c1. The monoisotopic (exact) mass is 264 g/mol. The molecule has 0 unspecified atom stereocenters. The molecule has 0 spiro atoms. The highest BCUT2D eigenvalue weighted by Gasteiger charge is 1.97. The van der Waals surface area contributed by atoms with Gasteiger partial charge in [-0.25, -0.2) is 4.79 Å². The Bertz CT molecular complexity index is 424. The fraction of sp³-hybridized carbons (Fsp3) is 0.400. The zero-order chi connectivity index (χ0) is 14.1. The second-order valence-electron chi connectivity index (χ2n) is 4.39. The molecule has 0 saturated heterocycles. The first-order valence-corrected chi connectivity index (χ1v) is 6.27. The van der Waals surface area contributed by atoms with Gasteiger partial charge in [-0.05, 0) is 37.1 Å². The molecule has 19 heavy (non-hydrogen) atoms. The summed E-state index contributed by atoms with van der Waals surface area (Å²) in [7, 11) is 0. The van der Waals surface area contributed by atoms with Crippen molar-refractivity contribution in [3.8, 4) is 0 Å². The number of hydrogen-bond acceptors (Lipinski definition) is 3. The fourth-order valence-electron chi connectivity index (χ4n) is 1.49. The lowest BCUT2D eigenvalue weighted by molar-refractivity contribution is -0.131. The number of rotatable bonds is 8. The molecular formula is C15H20O4. The molecule has 0 saturated carbocycles. The summed E-state index contributed by atoms with van der Waals surface area (Å²) in [6.45, 7) is 5.59. The Morgan fingerprint density at radius 2 is 2.16 bits per heavy atom. The number of carboxylic acid groups (broad SMARTS) is 1. The molecular weight excluding hydrogens is 244 g/mol. The van der Waals surface area contributed by atoms with Crippen LogP contribution in [-0.4, -0.2) is 30.4 Å². The summed E-state index contributed by atoms with van der Waals surface area (Å²) in [4.78, 5) is 10.4. The highest BCUT2D eigenvalue weighted by atomic mass is 16.5. The summed E-state index contributed by atoms with van der Waals surface area (Å²) in [6, 6.07) is 7.58. The van der Waals surface area contributed by atoms with Crippen LogP contribution in [0.25, 0.3) is 6.08 Å². The Morgan fingerprint density at radius 1 is 1.37 bits per heavy atom. The minimum Gasteiger partial charge on any atom is -0.478 e. The lowest BCUT2D eigenvalue weighted by Crippen LogP contribution is -2.09. The van der Waals surface area contributed by atoms with E-state index < -0.39 is 5.97 Å². The van der Waals surface area contributed by atoms with E-state index >= 15 is 0 Å². The summed E-state index contributed by atoms with van der Waals surface area (Å²) < 4.78 is 10.9. The minimum atomic E-state index is -0.951. The molecule has 1 rings (SSSR count). The Kier molecular flexibility index (Phi) is 6.85. The summed E-state index contributed by atoms with van der Waals surface area (Å²) in [6.07, 6.45) is 2.90. The third kappa shape index (κ3) is 7.39. The van der Waals surface area contributed by atoms with Gasteiger partial charge in [0.25, 0.3) is 0 Å². The van der Waals surface area contributed by atoms with Crippen molar-refractivity contribution in [2.75, 3.05) is 13.2 Å². The van der Waals surface area contributed by atoms with E-state index in [0.717, 1.165) is 17.2 Å². The van der Waals surface area contributed by atoms with Crippen molar-refractivity contribution in [2.45, 2.75) is 26.6 Å². The van der Waals surface area contributed by atoms with Crippen molar-refractivity contribution in [3.63, 3.8) is 0 Å². The van der Waals surface area contributed by atoms with Crippen LogP contribution in [-0.2, 0) is 20.9 Å². The quantitative estimate of drug-likeness (QED) is 0.579. The Labute approximate surface area is 113 Å². The van der Waals surface area contributed by atoms with Gasteiger partial charge in [-0.2, -0.15) is 0 Å². The predicted molar refractivity (Wildman–Crippen MR) is 73.9 cm³/mol. The summed E-state index contributed by atoms with van der Waals surface area (Å²) in [5.41, 5.74) is 1.86. The fourth-order valence-corrected chi connectivity index (χ4v) is 1.49. The van der Waals surface area contributed by atoms with Crippen LogP contribution in [0, 0.1) is 0 Å². The van der Waals surface area contributed by atoms with Crippen LogP contribution >= 0.6 is 0 Å². The average Bonchev–Trinajstić information content (AvgIpc) is 2.36. The highest BCUT2D eigenvalue weighted by molar-refractivity contribution is 5.85. The molecule has 0 bridgehead atoms. The molecule has 0 heterocycles. The van der Waals surface area contributed by atoms with E-state index in [1.807, 2.05) is 38.1 Å². The van der Waals surface area contributed by atoms with Gasteiger partial charge in [0.2, 0.25) is 0 Å². The molecule has 1 aromatic rings. The Hall–Kier alpha value is -1.65. The van der Waals surface area contributed by atoms with E-state index in [1.54, 1.807) is 6.08 Å². The van der Waals surface area contributed by atoms with Crippen LogP contribution in [0.5, 0.6) is 0 Å². The van der Waals surface area contributed by atoms with E-state index in [4.69, 9.17) is 14.6 Å². The van der Waals surface area contributed by atoms with Gasteiger partial charge in [0, 0.05) is 6.08 Å². The molecule has 104 valence electrons. The highest BCUT2D eigenvalue weighted by Crippen LogP contribution is 2.08. The van der Waals surface area contributed by atoms with Crippen LogP contribution in [0.3, 0.4) is 0 Å². The molecule has 1 aromatic carbocycles. The topological polar surface area (TPSA) is 55.8 Å². The third-order valence-corrected chi connectivity index (χ3v) is 2.32. The molecule has 4 heteroatoms. The molecule has 0 aromatic heterocycles. The van der Waals surface area contributed by atoms with Crippen LogP contribution in [0.2, 0.25) is 0 Å². The van der Waals surface area contributed by atoms with Crippen LogP contribution < -0.4 is 0 Å².